The lowest BCUT2D eigenvalue weighted by molar-refractivity contribution is -0.132. The first kappa shape index (κ1) is 19.7. The van der Waals surface area contributed by atoms with Crippen LogP contribution in [-0.2, 0) is 4.79 Å². The van der Waals surface area contributed by atoms with Crippen molar-refractivity contribution in [1.82, 2.24) is 9.88 Å². The molecule has 0 radical (unpaired) electrons. The predicted octanol–water partition coefficient (Wildman–Crippen LogP) is 6.44. The molecule has 4 nitrogen and oxygen atoms in total. The summed E-state index contributed by atoms with van der Waals surface area (Å²) in [5.74, 6) is 0.923. The molecule has 3 aromatic rings. The third-order valence-corrected chi connectivity index (χ3v) is 5.86. The summed E-state index contributed by atoms with van der Waals surface area (Å²) in [6.45, 7) is 5.10. The van der Waals surface area contributed by atoms with Crippen molar-refractivity contribution in [2.24, 2.45) is 0 Å². The maximum atomic E-state index is 12.7. The third-order valence-electron chi connectivity index (χ3n) is 5.86. The van der Waals surface area contributed by atoms with Gasteiger partial charge < -0.3 is 9.32 Å². The van der Waals surface area contributed by atoms with Gasteiger partial charge in [-0.15, -0.1) is 0 Å². The third kappa shape index (κ3) is 4.36. The fourth-order valence-corrected chi connectivity index (χ4v) is 4.26. The van der Waals surface area contributed by atoms with Gasteiger partial charge in [-0.3, -0.25) is 4.79 Å². The summed E-state index contributed by atoms with van der Waals surface area (Å²) in [4.78, 5) is 19.5. The fourth-order valence-electron chi connectivity index (χ4n) is 4.26. The van der Waals surface area contributed by atoms with Crippen LogP contribution in [0.15, 0.2) is 46.9 Å². The lowest BCUT2D eigenvalue weighted by Gasteiger charge is -2.22. The van der Waals surface area contributed by atoms with E-state index in [1.54, 1.807) is 0 Å². The van der Waals surface area contributed by atoms with Crippen LogP contribution in [0, 0.1) is 6.92 Å². The van der Waals surface area contributed by atoms with Crippen molar-refractivity contribution in [3.8, 4) is 11.1 Å². The summed E-state index contributed by atoms with van der Waals surface area (Å²) >= 11 is 0. The van der Waals surface area contributed by atoms with E-state index in [4.69, 9.17) is 9.40 Å². The minimum absolute atomic E-state index is 0.0245. The van der Waals surface area contributed by atoms with Gasteiger partial charge in [0.2, 0.25) is 11.8 Å². The second-order valence-corrected chi connectivity index (χ2v) is 8.16. The zero-order chi connectivity index (χ0) is 20.2. The molecule has 0 N–H and O–H groups in total. The van der Waals surface area contributed by atoms with Crippen LogP contribution in [0.1, 0.15) is 69.4 Å². The highest BCUT2D eigenvalue weighted by Crippen LogP contribution is 2.35. The van der Waals surface area contributed by atoms with Gasteiger partial charge in [0.1, 0.15) is 11.6 Å². The summed E-state index contributed by atoms with van der Waals surface area (Å²) in [6, 6.07) is 14.6. The molecule has 152 valence electrons. The molecule has 0 aliphatic carbocycles. The van der Waals surface area contributed by atoms with Gasteiger partial charge in [0.25, 0.3) is 0 Å². The molecule has 0 bridgehead atoms. The summed E-state index contributed by atoms with van der Waals surface area (Å²) in [5, 5.41) is 0. The Kier molecular flexibility index (Phi) is 5.98. The number of likely N-dealkylation sites (tertiary alicyclic amines) is 1. The van der Waals surface area contributed by atoms with E-state index < -0.39 is 0 Å². The molecule has 1 aromatic heterocycles. The normalized spacial score (nSPS) is 16.6. The number of aryl methyl sites for hydroxylation is 1. The van der Waals surface area contributed by atoms with Gasteiger partial charge in [0.05, 0.1) is 0 Å². The number of amides is 1. The molecule has 1 aliphatic heterocycles. The Hall–Kier alpha value is -2.62. The monoisotopic (exact) mass is 390 g/mol. The van der Waals surface area contributed by atoms with Crippen molar-refractivity contribution in [2.75, 3.05) is 6.54 Å². The van der Waals surface area contributed by atoms with Crippen LogP contribution in [0.3, 0.4) is 0 Å². The molecule has 1 aliphatic rings. The molecule has 0 unspecified atom stereocenters. The first-order chi connectivity index (χ1) is 14.2. The van der Waals surface area contributed by atoms with Crippen molar-refractivity contribution in [3.63, 3.8) is 0 Å². The van der Waals surface area contributed by atoms with Crippen LogP contribution in [0.4, 0.5) is 0 Å². The zero-order valence-corrected chi connectivity index (χ0v) is 17.5. The molecule has 1 saturated heterocycles. The van der Waals surface area contributed by atoms with Gasteiger partial charge in [0, 0.05) is 13.0 Å². The first-order valence-electron chi connectivity index (χ1n) is 10.9. The van der Waals surface area contributed by atoms with Gasteiger partial charge in [-0.05, 0) is 49.4 Å². The van der Waals surface area contributed by atoms with E-state index in [9.17, 15) is 4.79 Å². The maximum Gasteiger partial charge on any atom is 0.223 e. The number of carbonyl (C=O) groups excluding carboxylic acids is 1. The van der Waals surface area contributed by atoms with Crippen molar-refractivity contribution in [1.29, 1.82) is 0 Å². The maximum absolute atomic E-state index is 12.7. The second-order valence-electron chi connectivity index (χ2n) is 8.16. The summed E-state index contributed by atoms with van der Waals surface area (Å²) < 4.78 is 6.09. The summed E-state index contributed by atoms with van der Waals surface area (Å²) in [5.41, 5.74) is 5.21. The van der Waals surface area contributed by atoms with E-state index in [0.29, 0.717) is 12.3 Å². The number of rotatable bonds is 7. The molecule has 0 saturated carbocycles. The minimum atomic E-state index is -0.0245. The Morgan fingerprint density at radius 2 is 2.00 bits per heavy atom. The minimum Gasteiger partial charge on any atom is -0.438 e. The SMILES string of the molecule is CCCCCCC(=O)N1CCC[C@H]1c1nc2cc(-c3cccc(C)c3)ccc2o1. The lowest BCUT2D eigenvalue weighted by Crippen LogP contribution is -2.30. The fraction of sp³-hybridized carbons (Fsp3) is 0.440. The van der Waals surface area contributed by atoms with Gasteiger partial charge in [-0.2, -0.15) is 0 Å². The quantitative estimate of drug-likeness (QED) is 0.436. The molecule has 4 rings (SSSR count). The van der Waals surface area contributed by atoms with Gasteiger partial charge >= 0.3 is 0 Å². The average molecular weight is 391 g/mol. The Morgan fingerprint density at radius 3 is 2.83 bits per heavy atom. The van der Waals surface area contributed by atoms with Gasteiger partial charge in [-0.25, -0.2) is 4.98 Å². The summed E-state index contributed by atoms with van der Waals surface area (Å²) in [6.07, 6.45) is 7.07. The Morgan fingerprint density at radius 1 is 1.14 bits per heavy atom. The molecular formula is C25H30N2O2. The van der Waals surface area contributed by atoms with Gasteiger partial charge in [-0.1, -0.05) is 62.1 Å². The van der Waals surface area contributed by atoms with E-state index in [2.05, 4.69) is 50.2 Å². The molecule has 1 fully saturated rings. The number of hydrogen-bond donors (Lipinski definition) is 0. The average Bonchev–Trinajstić information content (AvgIpc) is 3.37. The molecule has 29 heavy (non-hydrogen) atoms. The van der Waals surface area contributed by atoms with Crippen molar-refractivity contribution < 1.29 is 9.21 Å². The number of oxazole rings is 1. The highest BCUT2D eigenvalue weighted by molar-refractivity contribution is 5.81. The van der Waals surface area contributed by atoms with Crippen molar-refractivity contribution in [2.45, 2.75) is 64.8 Å². The zero-order valence-electron chi connectivity index (χ0n) is 17.5. The topological polar surface area (TPSA) is 46.3 Å². The number of carbonyl (C=O) groups is 1. The van der Waals surface area contributed by atoms with Crippen LogP contribution in [-0.4, -0.2) is 22.3 Å². The number of fused-ring (bicyclic) bond motifs is 1. The standard InChI is InChI=1S/C25H30N2O2/c1-3-4-5-6-12-24(28)27-15-8-11-22(27)25-26-21-17-20(13-14-23(21)29-25)19-10-7-9-18(2)16-19/h7,9-10,13-14,16-17,22H,3-6,8,11-12,15H2,1-2H3/t22-/m0/s1. The van der Waals surface area contributed by atoms with Crippen LogP contribution < -0.4 is 0 Å². The molecule has 2 heterocycles. The van der Waals surface area contributed by atoms with Crippen LogP contribution in [0.2, 0.25) is 0 Å². The second kappa shape index (κ2) is 8.81. The smallest absolute Gasteiger partial charge is 0.223 e. The van der Waals surface area contributed by atoms with Crippen molar-refractivity contribution >= 4 is 17.0 Å². The molecule has 1 atom stereocenters. The van der Waals surface area contributed by atoms with E-state index in [0.717, 1.165) is 48.9 Å². The molecule has 1 amide bonds. The molecule has 4 heteroatoms. The first-order valence-corrected chi connectivity index (χ1v) is 10.9. The van der Waals surface area contributed by atoms with E-state index in [1.807, 2.05) is 11.0 Å². The van der Waals surface area contributed by atoms with Crippen LogP contribution in [0.5, 0.6) is 0 Å². The van der Waals surface area contributed by atoms with Gasteiger partial charge in [0.15, 0.2) is 5.58 Å². The Bertz CT molecular complexity index is 991. The molecule has 0 spiro atoms. The highest BCUT2D eigenvalue weighted by Gasteiger charge is 2.33. The molecular weight excluding hydrogens is 360 g/mol. The largest absolute Gasteiger partial charge is 0.438 e. The van der Waals surface area contributed by atoms with Crippen LogP contribution in [0.25, 0.3) is 22.2 Å². The number of aromatic nitrogens is 1. The Balaban J connectivity index is 1.53. The van der Waals surface area contributed by atoms with E-state index in [-0.39, 0.29) is 11.9 Å². The highest BCUT2D eigenvalue weighted by atomic mass is 16.3. The number of unbranched alkanes of at least 4 members (excludes halogenated alkanes) is 3. The number of nitrogens with zero attached hydrogens (tertiary/aromatic N) is 2. The predicted molar refractivity (Wildman–Crippen MR) is 117 cm³/mol. The van der Waals surface area contributed by atoms with E-state index >= 15 is 0 Å². The molecule has 2 aromatic carbocycles. The number of hydrogen-bond acceptors (Lipinski definition) is 3. The number of benzene rings is 2. The van der Waals surface area contributed by atoms with E-state index in [1.165, 1.54) is 24.0 Å². The lowest BCUT2D eigenvalue weighted by atomic mass is 10.0. The van der Waals surface area contributed by atoms with Crippen LogP contribution >= 0.6 is 0 Å². The Labute approximate surface area is 172 Å². The van der Waals surface area contributed by atoms with Crippen molar-refractivity contribution in [3.05, 3.63) is 53.9 Å². The summed E-state index contributed by atoms with van der Waals surface area (Å²) in [7, 11) is 0.